The van der Waals surface area contributed by atoms with Gasteiger partial charge in [-0.25, -0.2) is 9.78 Å². The fraction of sp³-hybridized carbons (Fsp3) is 0.556. The van der Waals surface area contributed by atoms with E-state index >= 15 is 0 Å². The van der Waals surface area contributed by atoms with Crippen molar-refractivity contribution in [1.82, 2.24) is 14.8 Å². The van der Waals surface area contributed by atoms with E-state index in [9.17, 15) is 13.2 Å². The first-order valence-corrected chi connectivity index (χ1v) is 11.2. The van der Waals surface area contributed by atoms with Gasteiger partial charge in [-0.05, 0) is 38.8 Å². The van der Waals surface area contributed by atoms with E-state index in [4.69, 9.17) is 15.0 Å². The van der Waals surface area contributed by atoms with Crippen LogP contribution in [0.5, 0.6) is 0 Å². The Kier molecular flexibility index (Phi) is 5.90. The van der Waals surface area contributed by atoms with E-state index < -0.39 is 10.1 Å². The minimum Gasteiger partial charge on any atom is -0.319 e. The Labute approximate surface area is 170 Å². The molecule has 11 heteroatoms. The van der Waals surface area contributed by atoms with E-state index in [1.807, 2.05) is 13.8 Å². The fourth-order valence-corrected chi connectivity index (χ4v) is 4.18. The Morgan fingerprint density at radius 3 is 2.62 bits per heavy atom. The summed E-state index contributed by atoms with van der Waals surface area (Å²) in [6.45, 7) is 4.75. The molecule has 29 heavy (non-hydrogen) atoms. The van der Waals surface area contributed by atoms with Gasteiger partial charge in [-0.2, -0.15) is 8.42 Å². The Morgan fingerprint density at radius 1 is 1.34 bits per heavy atom. The van der Waals surface area contributed by atoms with Gasteiger partial charge in [0.1, 0.15) is 11.5 Å². The summed E-state index contributed by atoms with van der Waals surface area (Å²) in [5.41, 5.74) is 0.385. The maximum Gasteiger partial charge on any atom is 0.326 e. The van der Waals surface area contributed by atoms with Crippen molar-refractivity contribution in [3.05, 3.63) is 23.9 Å². The average Bonchev–Trinajstić information content (AvgIpc) is 2.98. The third-order valence-electron chi connectivity index (χ3n) is 5.07. The molecule has 2 heterocycles. The molecule has 158 valence electrons. The number of nitrogens with zero attached hydrogens (tertiary/aromatic N) is 4. The van der Waals surface area contributed by atoms with Crippen molar-refractivity contribution in [3.8, 4) is 0 Å². The van der Waals surface area contributed by atoms with E-state index in [0.717, 1.165) is 12.6 Å². The van der Waals surface area contributed by atoms with E-state index in [2.05, 4.69) is 4.98 Å². The maximum absolute atomic E-state index is 12.9. The highest BCUT2D eigenvalue weighted by Crippen LogP contribution is 2.32. The Hall–Kier alpha value is -2.53. The van der Waals surface area contributed by atoms with Crippen molar-refractivity contribution in [2.75, 3.05) is 24.2 Å². The zero-order chi connectivity index (χ0) is 21.3. The van der Waals surface area contributed by atoms with Crippen LogP contribution in [0.3, 0.4) is 0 Å². The molecule has 2 amide bonds. The minimum atomic E-state index is -3.49. The molecule has 0 spiro atoms. The first-order chi connectivity index (χ1) is 13.6. The van der Waals surface area contributed by atoms with Gasteiger partial charge in [-0.15, -0.1) is 0 Å². The lowest BCUT2D eigenvalue weighted by Crippen LogP contribution is -2.50. The van der Waals surface area contributed by atoms with Gasteiger partial charge in [0.05, 0.1) is 18.7 Å². The van der Waals surface area contributed by atoms with E-state index in [1.54, 1.807) is 28.0 Å². The second-order valence-electron chi connectivity index (χ2n) is 7.53. The molecule has 0 radical (unpaired) electrons. The summed E-state index contributed by atoms with van der Waals surface area (Å²) in [4.78, 5) is 22.1. The monoisotopic (exact) mass is 422 g/mol. The van der Waals surface area contributed by atoms with E-state index in [-0.39, 0.29) is 30.1 Å². The lowest BCUT2D eigenvalue weighted by Gasteiger charge is -2.39. The molecular formula is C18H26N6O4S. The molecule has 0 unspecified atom stereocenters. The van der Waals surface area contributed by atoms with Crippen LogP contribution in [0.2, 0.25) is 0 Å². The zero-order valence-corrected chi connectivity index (χ0v) is 17.5. The first kappa shape index (κ1) is 21.2. The van der Waals surface area contributed by atoms with E-state index in [1.165, 1.54) is 4.90 Å². The SMILES string of the molecule is CC(C)N(C=N)C(=N)c1cccc(N2CCN(C3CC(OS(C)(=O)=O)C3)C2=O)n1. The smallest absolute Gasteiger partial charge is 0.319 e. The number of carbonyl (C=O) groups excluding carboxylic acids is 1. The minimum absolute atomic E-state index is 0.0462. The van der Waals surface area contributed by atoms with Crippen LogP contribution in [0, 0.1) is 10.8 Å². The number of anilines is 1. The molecule has 2 N–H and O–H groups in total. The van der Waals surface area contributed by atoms with Crippen molar-refractivity contribution < 1.29 is 17.4 Å². The lowest BCUT2D eigenvalue weighted by atomic mass is 9.88. The van der Waals surface area contributed by atoms with Crippen LogP contribution in [0.25, 0.3) is 0 Å². The number of amides is 2. The second kappa shape index (κ2) is 8.07. The van der Waals surface area contributed by atoms with E-state index in [0.29, 0.717) is 37.4 Å². The zero-order valence-electron chi connectivity index (χ0n) is 16.7. The Bertz CT molecular complexity index is 913. The molecule has 1 saturated carbocycles. The predicted octanol–water partition coefficient (Wildman–Crippen LogP) is 1.47. The van der Waals surface area contributed by atoms with Gasteiger partial charge in [0.25, 0.3) is 10.1 Å². The van der Waals surface area contributed by atoms with Crippen molar-refractivity contribution in [3.63, 3.8) is 0 Å². The molecule has 1 aromatic rings. The van der Waals surface area contributed by atoms with Gasteiger partial charge in [0.15, 0.2) is 5.84 Å². The number of rotatable bonds is 7. The number of aromatic nitrogens is 1. The van der Waals surface area contributed by atoms with Crippen LogP contribution in [0.15, 0.2) is 18.2 Å². The molecule has 2 aliphatic rings. The predicted molar refractivity (Wildman–Crippen MR) is 109 cm³/mol. The molecule has 0 bridgehead atoms. The van der Waals surface area contributed by atoms with Gasteiger partial charge in [-0.1, -0.05) is 6.07 Å². The summed E-state index contributed by atoms with van der Waals surface area (Å²) in [5, 5.41) is 15.8. The number of hydrogen-bond acceptors (Lipinski definition) is 7. The van der Waals surface area contributed by atoms with Crippen LogP contribution < -0.4 is 4.90 Å². The number of amidine groups is 1. The van der Waals surface area contributed by atoms with Crippen molar-refractivity contribution in [1.29, 1.82) is 10.8 Å². The highest BCUT2D eigenvalue weighted by atomic mass is 32.2. The molecule has 1 aliphatic carbocycles. The molecular weight excluding hydrogens is 396 g/mol. The molecule has 3 rings (SSSR count). The number of carbonyl (C=O) groups is 1. The van der Waals surface area contributed by atoms with Crippen LogP contribution in [0.4, 0.5) is 10.6 Å². The quantitative estimate of drug-likeness (QED) is 0.389. The largest absolute Gasteiger partial charge is 0.326 e. The number of hydrogen-bond donors (Lipinski definition) is 2. The van der Waals surface area contributed by atoms with Crippen LogP contribution in [-0.4, -0.2) is 78.9 Å². The summed E-state index contributed by atoms with van der Waals surface area (Å²) < 4.78 is 27.4. The number of urea groups is 1. The third-order valence-corrected chi connectivity index (χ3v) is 5.69. The van der Waals surface area contributed by atoms with Gasteiger partial charge in [0, 0.05) is 25.2 Å². The number of pyridine rings is 1. The van der Waals surface area contributed by atoms with Crippen LogP contribution in [0.1, 0.15) is 32.4 Å². The lowest BCUT2D eigenvalue weighted by molar-refractivity contribution is 0.0479. The highest BCUT2D eigenvalue weighted by Gasteiger charge is 2.43. The normalized spacial score (nSPS) is 22.0. The van der Waals surface area contributed by atoms with Crippen molar-refractivity contribution in [2.45, 2.75) is 44.9 Å². The molecule has 0 aromatic carbocycles. The summed E-state index contributed by atoms with van der Waals surface area (Å²) in [5.74, 6) is 0.553. The van der Waals surface area contributed by atoms with Gasteiger partial charge in [0.2, 0.25) is 0 Å². The first-order valence-electron chi connectivity index (χ1n) is 9.42. The summed E-state index contributed by atoms with van der Waals surface area (Å²) in [7, 11) is -3.49. The molecule has 2 fully saturated rings. The second-order valence-corrected chi connectivity index (χ2v) is 9.14. The summed E-state index contributed by atoms with van der Waals surface area (Å²) in [6.07, 6.45) is 2.73. The average molecular weight is 423 g/mol. The summed E-state index contributed by atoms with van der Waals surface area (Å²) >= 11 is 0. The molecule has 1 saturated heterocycles. The molecule has 0 atom stereocenters. The maximum atomic E-state index is 12.9. The Balaban J connectivity index is 1.68. The standard InChI is InChI=1S/C18H26N6O4S/c1-12(2)24(11-19)17(20)15-5-4-6-16(21-15)23-8-7-22(18(23)25)13-9-14(10-13)28-29(3,26)27/h4-6,11-14,19-20H,7-10H2,1-3H3. The Morgan fingerprint density at radius 2 is 2.03 bits per heavy atom. The summed E-state index contributed by atoms with van der Waals surface area (Å²) in [6, 6.07) is 4.85. The van der Waals surface area contributed by atoms with Crippen LogP contribution >= 0.6 is 0 Å². The molecule has 10 nitrogen and oxygen atoms in total. The number of nitrogens with one attached hydrogen (secondary N) is 2. The van der Waals surface area contributed by atoms with Gasteiger partial charge >= 0.3 is 6.03 Å². The van der Waals surface area contributed by atoms with Crippen molar-refractivity contribution in [2.24, 2.45) is 0 Å². The van der Waals surface area contributed by atoms with Gasteiger partial charge < -0.3 is 9.80 Å². The highest BCUT2D eigenvalue weighted by molar-refractivity contribution is 7.86. The van der Waals surface area contributed by atoms with Crippen molar-refractivity contribution >= 4 is 34.1 Å². The third kappa shape index (κ3) is 4.56. The van der Waals surface area contributed by atoms with Gasteiger partial charge in [-0.3, -0.25) is 19.9 Å². The molecule has 1 aromatic heterocycles. The molecule has 1 aliphatic heterocycles. The van der Waals surface area contributed by atoms with Crippen LogP contribution in [-0.2, 0) is 14.3 Å². The fourth-order valence-electron chi connectivity index (χ4n) is 3.53. The topological polar surface area (TPSA) is 131 Å².